The van der Waals surface area contributed by atoms with Gasteiger partial charge < -0.3 is 9.72 Å². The molecule has 0 radical (unpaired) electrons. The van der Waals surface area contributed by atoms with Gasteiger partial charge in [0.25, 0.3) is 0 Å². The van der Waals surface area contributed by atoms with Crippen molar-refractivity contribution >= 4 is 5.97 Å². The largest absolute Gasteiger partial charge is 0.461 e. The molecule has 0 saturated carbocycles. The van der Waals surface area contributed by atoms with Crippen molar-refractivity contribution in [3.8, 4) is 0 Å². The second-order valence-electron chi connectivity index (χ2n) is 2.33. The van der Waals surface area contributed by atoms with Gasteiger partial charge in [-0.2, -0.15) is 0 Å². The zero-order valence-corrected chi connectivity index (χ0v) is 7.03. The molecular formula is C8H10N2O3. The van der Waals surface area contributed by atoms with Crippen molar-refractivity contribution in [2.75, 3.05) is 6.61 Å². The first-order valence-electron chi connectivity index (χ1n) is 3.77. The molecule has 1 rings (SSSR count). The Balaban J connectivity index is 2.36. The van der Waals surface area contributed by atoms with Crippen LogP contribution in [0.25, 0.3) is 0 Å². The molecule has 0 saturated heterocycles. The van der Waals surface area contributed by atoms with Crippen LogP contribution in [0.15, 0.2) is 29.8 Å². The van der Waals surface area contributed by atoms with Gasteiger partial charge in [-0.1, -0.05) is 6.58 Å². The second kappa shape index (κ2) is 4.30. The fourth-order valence-electron chi connectivity index (χ4n) is 0.829. The number of hydrogen-bond acceptors (Lipinski definition) is 3. The van der Waals surface area contributed by atoms with Gasteiger partial charge in [-0.3, -0.25) is 4.57 Å². The van der Waals surface area contributed by atoms with Gasteiger partial charge in [0.15, 0.2) is 0 Å². The highest BCUT2D eigenvalue weighted by atomic mass is 16.5. The van der Waals surface area contributed by atoms with Gasteiger partial charge in [0.2, 0.25) is 0 Å². The number of nitrogens with one attached hydrogen (secondary N) is 1. The summed E-state index contributed by atoms with van der Waals surface area (Å²) in [6.45, 7) is 3.76. The van der Waals surface area contributed by atoms with Crippen molar-refractivity contribution in [1.82, 2.24) is 9.55 Å². The Kier molecular flexibility index (Phi) is 3.08. The number of hydrogen-bond donors (Lipinski definition) is 1. The fourth-order valence-corrected chi connectivity index (χ4v) is 0.829. The summed E-state index contributed by atoms with van der Waals surface area (Å²) in [5.41, 5.74) is -0.213. The minimum absolute atomic E-state index is 0.169. The minimum Gasteiger partial charge on any atom is -0.461 e. The molecule has 0 fully saturated rings. The van der Waals surface area contributed by atoms with Crippen molar-refractivity contribution in [3.05, 3.63) is 35.5 Å². The molecule has 0 aromatic carbocycles. The molecule has 5 heteroatoms. The molecule has 1 N–H and O–H groups in total. The van der Waals surface area contributed by atoms with Crippen LogP contribution >= 0.6 is 0 Å². The first-order valence-corrected chi connectivity index (χ1v) is 3.77. The maximum absolute atomic E-state index is 10.9. The lowest BCUT2D eigenvalue weighted by molar-refractivity contribution is -0.138. The molecule has 0 aliphatic heterocycles. The van der Waals surface area contributed by atoms with E-state index < -0.39 is 5.97 Å². The van der Waals surface area contributed by atoms with Crippen LogP contribution in [0.2, 0.25) is 0 Å². The number of esters is 1. The molecule has 13 heavy (non-hydrogen) atoms. The number of H-pyrrole nitrogens is 1. The van der Waals surface area contributed by atoms with E-state index in [9.17, 15) is 9.59 Å². The standard InChI is InChI=1S/C8H10N2O3/c1-2-7(11)13-6-5-10-4-3-9-8(10)12/h2-4H,1,5-6H2,(H,9,12). The van der Waals surface area contributed by atoms with Crippen LogP contribution in [0.1, 0.15) is 0 Å². The molecule has 5 nitrogen and oxygen atoms in total. The Morgan fingerprint density at radius 3 is 3.08 bits per heavy atom. The van der Waals surface area contributed by atoms with Gasteiger partial charge in [0, 0.05) is 18.5 Å². The average Bonchev–Trinajstić information content (AvgIpc) is 2.52. The monoisotopic (exact) mass is 182 g/mol. The first kappa shape index (κ1) is 9.31. The SMILES string of the molecule is C=CC(=O)OCCn1cc[nH]c1=O. The lowest BCUT2D eigenvalue weighted by Gasteiger charge is -2.01. The van der Waals surface area contributed by atoms with E-state index >= 15 is 0 Å². The number of rotatable bonds is 4. The van der Waals surface area contributed by atoms with Crippen LogP contribution < -0.4 is 5.69 Å². The number of carbonyl (C=O) groups is 1. The van der Waals surface area contributed by atoms with Crippen LogP contribution in [0.5, 0.6) is 0 Å². The number of ether oxygens (including phenoxy) is 1. The molecule has 1 aromatic heterocycles. The summed E-state index contributed by atoms with van der Waals surface area (Å²) in [6, 6.07) is 0. The molecule has 1 aromatic rings. The number of aromatic nitrogens is 2. The van der Waals surface area contributed by atoms with Gasteiger partial charge in [-0.25, -0.2) is 9.59 Å². The number of imidazole rings is 1. The molecule has 0 bridgehead atoms. The Morgan fingerprint density at radius 2 is 2.54 bits per heavy atom. The molecular weight excluding hydrogens is 172 g/mol. The van der Waals surface area contributed by atoms with E-state index in [0.29, 0.717) is 6.54 Å². The summed E-state index contributed by atoms with van der Waals surface area (Å²) in [5.74, 6) is -0.483. The molecule has 0 aliphatic carbocycles. The van der Waals surface area contributed by atoms with Gasteiger partial charge in [-0.05, 0) is 0 Å². The highest BCUT2D eigenvalue weighted by Crippen LogP contribution is 1.83. The van der Waals surface area contributed by atoms with Crippen LogP contribution in [-0.2, 0) is 16.1 Å². The molecule has 0 unspecified atom stereocenters. The Morgan fingerprint density at radius 1 is 1.77 bits per heavy atom. The van der Waals surface area contributed by atoms with Crippen molar-refractivity contribution in [1.29, 1.82) is 0 Å². The van der Waals surface area contributed by atoms with Crippen molar-refractivity contribution < 1.29 is 9.53 Å². The van der Waals surface area contributed by atoms with Gasteiger partial charge in [0.1, 0.15) is 6.61 Å². The summed E-state index contributed by atoms with van der Waals surface area (Å²) in [5, 5.41) is 0. The van der Waals surface area contributed by atoms with E-state index in [1.165, 1.54) is 10.8 Å². The molecule has 70 valence electrons. The summed E-state index contributed by atoms with van der Waals surface area (Å²) >= 11 is 0. The Hall–Kier alpha value is -1.78. The van der Waals surface area contributed by atoms with Crippen LogP contribution in [0.3, 0.4) is 0 Å². The van der Waals surface area contributed by atoms with E-state index in [0.717, 1.165) is 6.08 Å². The van der Waals surface area contributed by atoms with Crippen molar-refractivity contribution in [3.63, 3.8) is 0 Å². The normalized spacial score (nSPS) is 9.54. The van der Waals surface area contributed by atoms with Gasteiger partial charge in [-0.15, -0.1) is 0 Å². The maximum Gasteiger partial charge on any atom is 0.330 e. The van der Waals surface area contributed by atoms with E-state index in [1.54, 1.807) is 6.20 Å². The third-order valence-corrected chi connectivity index (χ3v) is 1.47. The molecule has 1 heterocycles. The van der Waals surface area contributed by atoms with Crippen LogP contribution in [0.4, 0.5) is 0 Å². The Labute approximate surface area is 74.6 Å². The molecule has 0 atom stereocenters. The Bertz CT molecular complexity index is 350. The van der Waals surface area contributed by atoms with Crippen molar-refractivity contribution in [2.24, 2.45) is 0 Å². The van der Waals surface area contributed by atoms with E-state index in [1.807, 2.05) is 0 Å². The summed E-state index contributed by atoms with van der Waals surface area (Å²) in [4.78, 5) is 24.0. The topological polar surface area (TPSA) is 64.1 Å². The second-order valence-corrected chi connectivity index (χ2v) is 2.33. The maximum atomic E-state index is 10.9. The predicted octanol–water partition coefficient (Wildman–Crippen LogP) is -0.0944. The lowest BCUT2D eigenvalue weighted by atomic mass is 10.6. The zero-order valence-electron chi connectivity index (χ0n) is 7.03. The highest BCUT2D eigenvalue weighted by Gasteiger charge is 1.97. The van der Waals surface area contributed by atoms with Crippen LogP contribution in [0, 0.1) is 0 Å². The molecule has 0 spiro atoms. The van der Waals surface area contributed by atoms with Gasteiger partial charge in [0.05, 0.1) is 6.54 Å². The zero-order chi connectivity index (χ0) is 9.68. The van der Waals surface area contributed by atoms with E-state index in [4.69, 9.17) is 0 Å². The van der Waals surface area contributed by atoms with Crippen LogP contribution in [-0.4, -0.2) is 22.1 Å². The molecule has 0 amide bonds. The minimum atomic E-state index is -0.483. The summed E-state index contributed by atoms with van der Waals surface area (Å²) in [6.07, 6.45) is 4.20. The smallest absolute Gasteiger partial charge is 0.330 e. The first-order chi connectivity index (χ1) is 6.24. The molecule has 0 aliphatic rings. The summed E-state index contributed by atoms with van der Waals surface area (Å²) in [7, 11) is 0. The predicted molar refractivity (Wildman–Crippen MR) is 46.2 cm³/mol. The van der Waals surface area contributed by atoms with Crippen molar-refractivity contribution in [2.45, 2.75) is 6.54 Å². The number of carbonyl (C=O) groups excluding carboxylic acids is 1. The van der Waals surface area contributed by atoms with E-state index in [-0.39, 0.29) is 12.3 Å². The van der Waals surface area contributed by atoms with E-state index in [2.05, 4.69) is 16.3 Å². The quantitative estimate of drug-likeness (QED) is 0.522. The average molecular weight is 182 g/mol. The third kappa shape index (κ3) is 2.62. The van der Waals surface area contributed by atoms with Gasteiger partial charge >= 0.3 is 11.7 Å². The number of aromatic amines is 1. The third-order valence-electron chi connectivity index (χ3n) is 1.47. The highest BCUT2D eigenvalue weighted by molar-refractivity contribution is 5.81. The lowest BCUT2D eigenvalue weighted by Crippen LogP contribution is -2.19. The number of nitrogens with zero attached hydrogens (tertiary/aromatic N) is 1. The summed E-state index contributed by atoms with van der Waals surface area (Å²) < 4.78 is 6.10. The fraction of sp³-hybridized carbons (Fsp3) is 0.250.